The Balaban J connectivity index is 1.33. The molecule has 2 aromatic rings. The lowest BCUT2D eigenvalue weighted by molar-refractivity contribution is -0.129. The number of amides is 1. The van der Waals surface area contributed by atoms with Crippen LogP contribution in [0.5, 0.6) is 11.5 Å². The molecule has 0 atom stereocenters. The van der Waals surface area contributed by atoms with Crippen molar-refractivity contribution in [1.82, 2.24) is 15.1 Å². The van der Waals surface area contributed by atoms with E-state index in [1.54, 1.807) is 0 Å². The molecule has 8 heteroatoms. The number of rotatable bonds is 5. The number of fused-ring (bicyclic) bond motifs is 1. The highest BCUT2D eigenvalue weighted by Crippen LogP contribution is 2.36. The van der Waals surface area contributed by atoms with E-state index in [1.807, 2.05) is 30.1 Å². The zero-order valence-corrected chi connectivity index (χ0v) is 16.3. The average molecular weight is 389 g/mol. The molecule has 2 heterocycles. The molecule has 0 radical (unpaired) electrons. The van der Waals surface area contributed by atoms with Gasteiger partial charge in [0.2, 0.25) is 18.6 Å². The predicted octanol–water partition coefficient (Wildman–Crippen LogP) is 3.59. The van der Waals surface area contributed by atoms with Crippen molar-refractivity contribution >= 4 is 17.7 Å². The van der Waals surface area contributed by atoms with Crippen molar-refractivity contribution in [3.63, 3.8) is 0 Å². The monoisotopic (exact) mass is 389 g/mol. The molecule has 0 N–H and O–H groups in total. The number of carbonyl (C=O) groups excluding carboxylic acids is 1. The van der Waals surface area contributed by atoms with Crippen molar-refractivity contribution in [1.29, 1.82) is 0 Å². The Kier molecular flexibility index (Phi) is 5.24. The minimum atomic E-state index is 0.0994. The van der Waals surface area contributed by atoms with Crippen molar-refractivity contribution in [3.05, 3.63) is 18.2 Å². The average Bonchev–Trinajstić information content (AvgIpc) is 3.34. The van der Waals surface area contributed by atoms with Crippen molar-refractivity contribution in [2.75, 3.05) is 19.6 Å². The first kappa shape index (κ1) is 18.2. The van der Waals surface area contributed by atoms with E-state index in [4.69, 9.17) is 13.9 Å². The highest BCUT2D eigenvalue weighted by Gasteiger charge is 2.25. The first-order valence-electron chi connectivity index (χ1n) is 9.22. The van der Waals surface area contributed by atoms with Gasteiger partial charge in [-0.2, -0.15) is 0 Å². The SMILES string of the molecule is CC1CCC(N(C)C(=O)CSc2nnc(-c3ccc4c(c3)OCO4)o2)CC1. The van der Waals surface area contributed by atoms with Gasteiger partial charge in [-0.05, 0) is 49.8 Å². The van der Waals surface area contributed by atoms with Crippen LogP contribution in [0.2, 0.25) is 0 Å². The van der Waals surface area contributed by atoms with Crippen LogP contribution < -0.4 is 9.47 Å². The molecule has 1 aromatic heterocycles. The third kappa shape index (κ3) is 4.05. The van der Waals surface area contributed by atoms with Gasteiger partial charge in [-0.15, -0.1) is 10.2 Å². The summed E-state index contributed by atoms with van der Waals surface area (Å²) in [5.74, 6) is 2.94. The van der Waals surface area contributed by atoms with Gasteiger partial charge in [0.25, 0.3) is 5.22 Å². The van der Waals surface area contributed by atoms with E-state index < -0.39 is 0 Å². The number of nitrogens with zero attached hydrogens (tertiary/aromatic N) is 3. The van der Waals surface area contributed by atoms with Crippen molar-refractivity contribution in [2.24, 2.45) is 5.92 Å². The molecular formula is C19H23N3O4S. The zero-order chi connectivity index (χ0) is 18.8. The molecule has 1 aliphatic carbocycles. The van der Waals surface area contributed by atoms with Gasteiger partial charge in [-0.3, -0.25) is 4.79 Å². The predicted molar refractivity (Wildman–Crippen MR) is 101 cm³/mol. The van der Waals surface area contributed by atoms with E-state index >= 15 is 0 Å². The quantitative estimate of drug-likeness (QED) is 0.723. The molecule has 1 aromatic carbocycles. The van der Waals surface area contributed by atoms with Crippen LogP contribution in [0.25, 0.3) is 11.5 Å². The number of ether oxygens (including phenoxy) is 2. The van der Waals surface area contributed by atoms with Gasteiger partial charge in [0.1, 0.15) is 0 Å². The number of hydrogen-bond donors (Lipinski definition) is 0. The Labute approximate surface area is 162 Å². The van der Waals surface area contributed by atoms with E-state index in [9.17, 15) is 4.79 Å². The van der Waals surface area contributed by atoms with Crippen LogP contribution in [0.3, 0.4) is 0 Å². The Bertz CT molecular complexity index is 817. The van der Waals surface area contributed by atoms with Gasteiger partial charge >= 0.3 is 0 Å². The smallest absolute Gasteiger partial charge is 0.277 e. The molecule has 0 bridgehead atoms. The topological polar surface area (TPSA) is 77.7 Å². The number of thioether (sulfide) groups is 1. The largest absolute Gasteiger partial charge is 0.454 e. The second kappa shape index (κ2) is 7.80. The zero-order valence-electron chi connectivity index (χ0n) is 15.5. The lowest BCUT2D eigenvalue weighted by atomic mass is 9.87. The molecule has 4 rings (SSSR count). The summed E-state index contributed by atoms with van der Waals surface area (Å²) in [4.78, 5) is 14.4. The molecule has 7 nitrogen and oxygen atoms in total. The molecule has 1 aliphatic heterocycles. The molecule has 144 valence electrons. The van der Waals surface area contributed by atoms with Gasteiger partial charge in [0, 0.05) is 18.7 Å². The van der Waals surface area contributed by atoms with Crippen LogP contribution in [0, 0.1) is 5.92 Å². The molecule has 0 spiro atoms. The summed E-state index contributed by atoms with van der Waals surface area (Å²) in [5.41, 5.74) is 0.762. The fourth-order valence-electron chi connectivity index (χ4n) is 3.47. The molecular weight excluding hydrogens is 366 g/mol. The highest BCUT2D eigenvalue weighted by atomic mass is 32.2. The Morgan fingerprint density at radius 2 is 1.96 bits per heavy atom. The van der Waals surface area contributed by atoms with E-state index in [0.717, 1.165) is 24.3 Å². The van der Waals surface area contributed by atoms with E-state index in [0.29, 0.717) is 34.4 Å². The molecule has 2 aliphatic rings. The molecule has 27 heavy (non-hydrogen) atoms. The minimum absolute atomic E-state index is 0.0994. The number of benzene rings is 1. The molecule has 0 unspecified atom stereocenters. The molecule has 1 fully saturated rings. The number of hydrogen-bond acceptors (Lipinski definition) is 7. The van der Waals surface area contributed by atoms with Crippen LogP contribution in [-0.2, 0) is 4.79 Å². The second-order valence-corrected chi connectivity index (χ2v) is 8.07. The third-order valence-corrected chi connectivity index (χ3v) is 6.07. The standard InChI is InChI=1S/C19H23N3O4S/c1-12-3-6-14(7-4-12)22(2)17(23)10-27-19-21-20-18(26-19)13-5-8-15-16(9-13)25-11-24-15/h5,8-9,12,14H,3-4,6-7,10-11H2,1-2H3. The number of carbonyl (C=O) groups is 1. The van der Waals surface area contributed by atoms with Crippen LogP contribution in [0.15, 0.2) is 27.8 Å². The van der Waals surface area contributed by atoms with Gasteiger partial charge in [-0.1, -0.05) is 18.7 Å². The summed E-state index contributed by atoms with van der Waals surface area (Å²) in [6, 6.07) is 5.82. The van der Waals surface area contributed by atoms with Gasteiger partial charge in [0.05, 0.1) is 5.75 Å². The molecule has 1 saturated carbocycles. The van der Waals surface area contributed by atoms with Crippen LogP contribution in [0.4, 0.5) is 0 Å². The minimum Gasteiger partial charge on any atom is -0.454 e. The van der Waals surface area contributed by atoms with E-state index in [-0.39, 0.29) is 12.7 Å². The van der Waals surface area contributed by atoms with E-state index in [2.05, 4.69) is 17.1 Å². The first-order chi connectivity index (χ1) is 13.1. The maximum Gasteiger partial charge on any atom is 0.277 e. The molecule has 0 saturated heterocycles. The summed E-state index contributed by atoms with van der Waals surface area (Å²) >= 11 is 1.27. The summed E-state index contributed by atoms with van der Waals surface area (Å²) in [5, 5.41) is 8.51. The van der Waals surface area contributed by atoms with Gasteiger partial charge < -0.3 is 18.8 Å². The summed E-state index contributed by atoms with van der Waals surface area (Å²) in [7, 11) is 1.90. The third-order valence-electron chi connectivity index (χ3n) is 5.27. The van der Waals surface area contributed by atoms with Gasteiger partial charge in [-0.25, -0.2) is 0 Å². The van der Waals surface area contributed by atoms with Crippen LogP contribution in [-0.4, -0.2) is 46.6 Å². The Hall–Kier alpha value is -2.22. The first-order valence-corrected chi connectivity index (χ1v) is 10.2. The lowest BCUT2D eigenvalue weighted by Gasteiger charge is -2.33. The summed E-state index contributed by atoms with van der Waals surface area (Å²) in [6.45, 7) is 2.50. The number of aromatic nitrogens is 2. The fourth-order valence-corrected chi connectivity index (χ4v) is 4.16. The lowest BCUT2D eigenvalue weighted by Crippen LogP contribution is -2.40. The second-order valence-electron chi connectivity index (χ2n) is 7.15. The van der Waals surface area contributed by atoms with Crippen LogP contribution in [0.1, 0.15) is 32.6 Å². The van der Waals surface area contributed by atoms with Crippen molar-refractivity contribution < 1.29 is 18.7 Å². The fraction of sp³-hybridized carbons (Fsp3) is 0.526. The Morgan fingerprint density at radius 1 is 1.19 bits per heavy atom. The van der Waals surface area contributed by atoms with Crippen molar-refractivity contribution in [2.45, 2.75) is 43.9 Å². The van der Waals surface area contributed by atoms with Crippen molar-refractivity contribution in [3.8, 4) is 23.0 Å². The summed E-state index contributed by atoms with van der Waals surface area (Å²) in [6.07, 6.45) is 4.56. The summed E-state index contributed by atoms with van der Waals surface area (Å²) < 4.78 is 16.4. The normalized spacial score (nSPS) is 21.3. The maximum atomic E-state index is 12.5. The van der Waals surface area contributed by atoms with E-state index in [1.165, 1.54) is 24.6 Å². The maximum absolute atomic E-state index is 12.5. The molecule has 1 amide bonds. The highest BCUT2D eigenvalue weighted by molar-refractivity contribution is 7.99. The van der Waals surface area contributed by atoms with Crippen LogP contribution >= 0.6 is 11.8 Å². The Morgan fingerprint density at radius 3 is 2.78 bits per heavy atom. The van der Waals surface area contributed by atoms with Gasteiger partial charge in [0.15, 0.2) is 11.5 Å².